The van der Waals surface area contributed by atoms with E-state index in [0.29, 0.717) is 0 Å². The number of aliphatic hydroxyl groups is 1. The molecule has 12 heteroatoms. The molecule has 1 amide bonds. The van der Waals surface area contributed by atoms with Crippen molar-refractivity contribution in [3.8, 4) is 17.6 Å². The van der Waals surface area contributed by atoms with Crippen LogP contribution in [0.1, 0.15) is 28.5 Å². The van der Waals surface area contributed by atoms with Crippen molar-refractivity contribution in [2.45, 2.75) is 37.1 Å². The van der Waals surface area contributed by atoms with E-state index in [0.717, 1.165) is 12.3 Å². The quantitative estimate of drug-likeness (QED) is 0.594. The third kappa shape index (κ3) is 4.59. The van der Waals surface area contributed by atoms with Crippen molar-refractivity contribution in [1.82, 2.24) is 9.29 Å². The number of aliphatic hydroxyl groups excluding tert-OH is 1. The number of carbonyl (C=O) groups excluding carboxylic acids is 1. The van der Waals surface area contributed by atoms with Crippen LogP contribution >= 0.6 is 0 Å². The van der Waals surface area contributed by atoms with E-state index in [4.69, 9.17) is 4.74 Å². The number of halogens is 3. The Hall–Kier alpha value is -3.01. The Kier molecular flexibility index (Phi) is 6.28. The minimum atomic E-state index is -4.60. The van der Waals surface area contributed by atoms with E-state index >= 15 is 0 Å². The van der Waals surface area contributed by atoms with E-state index in [2.05, 4.69) is 21.9 Å². The summed E-state index contributed by atoms with van der Waals surface area (Å²) < 4.78 is 74.0. The molecule has 0 unspecified atom stereocenters. The number of alkyl halides is 3. The Labute approximate surface area is 182 Å². The first kappa shape index (κ1) is 23.6. The largest absolute Gasteiger partial charge is 0.488 e. The van der Waals surface area contributed by atoms with Crippen LogP contribution in [0.3, 0.4) is 0 Å². The minimum Gasteiger partial charge on any atom is -0.488 e. The SMILES string of the molecule is CC#C[C@@H](O)[C@H]1COc2c(cn(C)c2C(=O)Nc2ccc(C)c(C(F)(F)F)c2)S(=O)(=O)N1. The molecule has 8 nitrogen and oxygen atoms in total. The molecule has 0 bridgehead atoms. The van der Waals surface area contributed by atoms with E-state index in [9.17, 15) is 31.5 Å². The summed E-state index contributed by atoms with van der Waals surface area (Å²) in [7, 11) is -2.79. The number of nitrogens with one attached hydrogen (secondary N) is 2. The molecule has 0 aliphatic carbocycles. The lowest BCUT2D eigenvalue weighted by Crippen LogP contribution is -2.45. The summed E-state index contributed by atoms with van der Waals surface area (Å²) in [4.78, 5) is 12.5. The van der Waals surface area contributed by atoms with E-state index in [1.165, 1.54) is 37.6 Å². The number of nitrogens with zero attached hydrogens (tertiary/aromatic N) is 1. The maximum absolute atomic E-state index is 13.2. The van der Waals surface area contributed by atoms with Gasteiger partial charge in [-0.25, -0.2) is 13.1 Å². The van der Waals surface area contributed by atoms with Gasteiger partial charge in [0.05, 0.1) is 11.6 Å². The number of rotatable bonds is 3. The maximum atomic E-state index is 13.2. The van der Waals surface area contributed by atoms with Gasteiger partial charge in [0.1, 0.15) is 17.6 Å². The molecule has 1 aromatic heterocycles. The molecule has 32 heavy (non-hydrogen) atoms. The monoisotopic (exact) mass is 471 g/mol. The van der Waals surface area contributed by atoms with Crippen molar-refractivity contribution >= 4 is 21.6 Å². The smallest absolute Gasteiger partial charge is 0.416 e. The molecule has 0 saturated heterocycles. The van der Waals surface area contributed by atoms with Gasteiger partial charge in [-0.2, -0.15) is 13.2 Å². The Morgan fingerprint density at radius 2 is 2.09 bits per heavy atom. The van der Waals surface area contributed by atoms with E-state index in [1.54, 1.807) is 0 Å². The molecule has 1 aromatic carbocycles. The van der Waals surface area contributed by atoms with Crippen LogP contribution in [0.2, 0.25) is 0 Å². The molecule has 3 N–H and O–H groups in total. The van der Waals surface area contributed by atoms with Crippen LogP contribution in [0.5, 0.6) is 5.75 Å². The third-order valence-corrected chi connectivity index (χ3v) is 6.28. The second-order valence-corrected chi connectivity index (χ2v) is 8.82. The average molecular weight is 471 g/mol. The number of sulfonamides is 1. The molecular weight excluding hydrogens is 451 g/mol. The number of benzene rings is 1. The molecule has 0 fully saturated rings. The molecular formula is C20H20F3N3O5S. The summed E-state index contributed by atoms with van der Waals surface area (Å²) >= 11 is 0. The Morgan fingerprint density at radius 3 is 2.72 bits per heavy atom. The van der Waals surface area contributed by atoms with Crippen LogP contribution in [-0.4, -0.2) is 42.8 Å². The van der Waals surface area contributed by atoms with Crippen LogP contribution in [0, 0.1) is 18.8 Å². The first-order valence-corrected chi connectivity index (χ1v) is 10.8. The summed E-state index contributed by atoms with van der Waals surface area (Å²) in [5.74, 6) is 3.75. The predicted octanol–water partition coefficient (Wildman–Crippen LogP) is 2.03. The molecule has 0 radical (unpaired) electrons. The first-order valence-electron chi connectivity index (χ1n) is 9.29. The van der Waals surface area contributed by atoms with Gasteiger partial charge in [0.15, 0.2) is 11.4 Å². The third-order valence-electron chi connectivity index (χ3n) is 4.80. The maximum Gasteiger partial charge on any atom is 0.416 e. The molecule has 2 aromatic rings. The van der Waals surface area contributed by atoms with Gasteiger partial charge in [-0.1, -0.05) is 12.0 Å². The minimum absolute atomic E-state index is 0.0106. The number of hydrogen-bond acceptors (Lipinski definition) is 5. The van der Waals surface area contributed by atoms with Crippen LogP contribution in [0.15, 0.2) is 29.3 Å². The molecule has 3 rings (SSSR count). The van der Waals surface area contributed by atoms with Gasteiger partial charge in [-0.05, 0) is 31.5 Å². The Morgan fingerprint density at radius 1 is 1.41 bits per heavy atom. The average Bonchev–Trinajstić information content (AvgIpc) is 2.96. The zero-order valence-electron chi connectivity index (χ0n) is 17.2. The summed E-state index contributed by atoms with van der Waals surface area (Å²) in [5, 5.41) is 12.4. The fraction of sp³-hybridized carbons (Fsp3) is 0.350. The highest BCUT2D eigenvalue weighted by Gasteiger charge is 2.37. The first-order chi connectivity index (χ1) is 14.8. The van der Waals surface area contributed by atoms with Crippen molar-refractivity contribution in [3.63, 3.8) is 0 Å². The van der Waals surface area contributed by atoms with Gasteiger partial charge >= 0.3 is 6.18 Å². The van der Waals surface area contributed by atoms with E-state index in [1.807, 2.05) is 0 Å². The number of hydrogen-bond donors (Lipinski definition) is 3. The van der Waals surface area contributed by atoms with Crippen molar-refractivity contribution in [1.29, 1.82) is 0 Å². The summed E-state index contributed by atoms with van der Waals surface area (Å²) in [6.07, 6.45) is -4.81. The highest BCUT2D eigenvalue weighted by Crippen LogP contribution is 2.35. The van der Waals surface area contributed by atoms with Gasteiger partial charge in [0, 0.05) is 18.9 Å². The molecule has 1 aliphatic heterocycles. The van der Waals surface area contributed by atoms with Crippen LogP contribution in [0.25, 0.3) is 0 Å². The fourth-order valence-electron chi connectivity index (χ4n) is 3.24. The van der Waals surface area contributed by atoms with Gasteiger partial charge in [0.2, 0.25) is 10.0 Å². The lowest BCUT2D eigenvalue weighted by Gasteiger charge is -2.17. The number of amides is 1. The normalized spacial score (nSPS) is 18.4. The van der Waals surface area contributed by atoms with Crippen LogP contribution < -0.4 is 14.8 Å². The number of anilines is 1. The number of ether oxygens (including phenoxy) is 1. The Balaban J connectivity index is 1.96. The summed E-state index contributed by atoms with van der Waals surface area (Å²) in [6.45, 7) is 2.45. The molecule has 1 aliphatic rings. The molecule has 0 spiro atoms. The highest BCUT2D eigenvalue weighted by atomic mass is 32.2. The molecule has 2 heterocycles. The van der Waals surface area contributed by atoms with Gasteiger partial charge in [0.25, 0.3) is 5.91 Å². The molecule has 2 atom stereocenters. The number of aryl methyl sites for hydroxylation is 2. The standard InChI is InChI=1S/C20H20F3N3O5S/c1-4-5-15(27)14-10-31-18-16(32(29,30)25-14)9-26(3)17(18)19(28)24-12-7-6-11(2)13(8-12)20(21,22)23/h6-9,14-15,25,27H,10H2,1-3H3,(H,24,28)/t14-,15-/m1/s1. The van der Waals surface area contributed by atoms with Crippen LogP contribution in [-0.2, 0) is 23.2 Å². The zero-order valence-corrected chi connectivity index (χ0v) is 18.1. The second-order valence-electron chi connectivity index (χ2n) is 7.14. The highest BCUT2D eigenvalue weighted by molar-refractivity contribution is 7.89. The van der Waals surface area contributed by atoms with Crippen molar-refractivity contribution in [3.05, 3.63) is 41.2 Å². The fourth-order valence-corrected chi connectivity index (χ4v) is 4.66. The Bertz CT molecular complexity index is 1230. The summed E-state index contributed by atoms with van der Waals surface area (Å²) in [5.41, 5.74) is -1.25. The van der Waals surface area contributed by atoms with E-state index in [-0.39, 0.29) is 34.2 Å². The lowest BCUT2D eigenvalue weighted by atomic mass is 10.1. The second kappa shape index (κ2) is 8.50. The van der Waals surface area contributed by atoms with Crippen molar-refractivity contribution in [2.24, 2.45) is 7.05 Å². The topological polar surface area (TPSA) is 110 Å². The zero-order chi connectivity index (χ0) is 23.8. The number of carbonyl (C=O) groups is 1. The van der Waals surface area contributed by atoms with Gasteiger partial charge in [-0.15, -0.1) is 5.92 Å². The number of fused-ring (bicyclic) bond motifs is 1. The lowest BCUT2D eigenvalue weighted by molar-refractivity contribution is -0.138. The summed E-state index contributed by atoms with van der Waals surface area (Å²) in [6, 6.07) is 2.23. The van der Waals surface area contributed by atoms with Crippen molar-refractivity contribution < 1.29 is 36.2 Å². The van der Waals surface area contributed by atoms with E-state index < -0.39 is 39.8 Å². The molecule has 172 valence electrons. The number of aromatic nitrogens is 1. The van der Waals surface area contributed by atoms with Gasteiger partial charge < -0.3 is 19.7 Å². The predicted molar refractivity (Wildman–Crippen MR) is 109 cm³/mol. The molecule has 0 saturated carbocycles. The van der Waals surface area contributed by atoms with Gasteiger partial charge in [-0.3, -0.25) is 4.79 Å². The van der Waals surface area contributed by atoms with Crippen LogP contribution in [0.4, 0.5) is 18.9 Å². The van der Waals surface area contributed by atoms with Crippen molar-refractivity contribution in [2.75, 3.05) is 11.9 Å².